The summed E-state index contributed by atoms with van der Waals surface area (Å²) >= 11 is 2.04. The van der Waals surface area contributed by atoms with Crippen molar-refractivity contribution in [2.24, 2.45) is 0 Å². The Balaban J connectivity index is 1.72. The lowest BCUT2D eigenvalue weighted by Gasteiger charge is -2.20. The summed E-state index contributed by atoms with van der Waals surface area (Å²) in [7, 11) is 0. The van der Waals surface area contributed by atoms with E-state index in [9.17, 15) is 4.79 Å². The Morgan fingerprint density at radius 3 is 3.11 bits per heavy atom. The highest BCUT2D eigenvalue weighted by Gasteiger charge is 2.18. The SMILES string of the molecule is Nc1cc2c(cc1NCC1CCCS1)CCC(=O)N2. The molecule has 4 N–H and O–H groups in total. The van der Waals surface area contributed by atoms with Gasteiger partial charge in [0.25, 0.3) is 0 Å². The van der Waals surface area contributed by atoms with E-state index in [1.165, 1.54) is 24.2 Å². The number of anilines is 3. The number of nitrogens with two attached hydrogens (primary N) is 1. The fourth-order valence-electron chi connectivity index (χ4n) is 2.63. The number of amides is 1. The van der Waals surface area contributed by atoms with Crippen LogP contribution in [0.3, 0.4) is 0 Å². The average molecular weight is 277 g/mol. The van der Waals surface area contributed by atoms with Crippen molar-refractivity contribution in [3.05, 3.63) is 17.7 Å². The maximum absolute atomic E-state index is 11.4. The first-order chi connectivity index (χ1) is 9.22. The molecule has 2 aliphatic rings. The van der Waals surface area contributed by atoms with Crippen LogP contribution in [-0.4, -0.2) is 23.5 Å². The standard InChI is InChI=1S/C14H19N3OS/c15-11-7-12-9(3-4-14(18)17-12)6-13(11)16-8-10-2-1-5-19-10/h6-7,10,16H,1-5,8,15H2,(H,17,18). The minimum atomic E-state index is 0.0787. The molecule has 5 heteroatoms. The van der Waals surface area contributed by atoms with E-state index in [0.717, 1.165) is 24.3 Å². The number of fused-ring (bicyclic) bond motifs is 1. The molecule has 2 heterocycles. The molecule has 0 radical (unpaired) electrons. The van der Waals surface area contributed by atoms with Crippen LogP contribution in [0, 0.1) is 0 Å². The zero-order valence-electron chi connectivity index (χ0n) is 10.9. The van der Waals surface area contributed by atoms with Crippen molar-refractivity contribution in [2.75, 3.05) is 28.7 Å². The number of carbonyl (C=O) groups excluding carboxylic acids is 1. The Morgan fingerprint density at radius 1 is 1.42 bits per heavy atom. The lowest BCUT2D eigenvalue weighted by molar-refractivity contribution is -0.116. The topological polar surface area (TPSA) is 67.1 Å². The third-order valence-electron chi connectivity index (χ3n) is 3.72. The number of rotatable bonds is 3. The summed E-state index contributed by atoms with van der Waals surface area (Å²) in [6, 6.07) is 3.96. The molecule has 102 valence electrons. The number of thioether (sulfide) groups is 1. The predicted octanol–water partition coefficient (Wildman–Crippen LogP) is 2.46. The van der Waals surface area contributed by atoms with E-state index in [1.54, 1.807) is 0 Å². The Hall–Kier alpha value is -1.36. The van der Waals surface area contributed by atoms with Crippen molar-refractivity contribution in [3.63, 3.8) is 0 Å². The molecule has 0 aliphatic carbocycles. The van der Waals surface area contributed by atoms with Crippen LogP contribution in [0.4, 0.5) is 17.1 Å². The molecule has 19 heavy (non-hydrogen) atoms. The molecule has 1 unspecified atom stereocenters. The van der Waals surface area contributed by atoms with E-state index < -0.39 is 0 Å². The van der Waals surface area contributed by atoms with Crippen molar-refractivity contribution in [1.82, 2.24) is 0 Å². The van der Waals surface area contributed by atoms with Crippen LogP contribution in [0.5, 0.6) is 0 Å². The minimum absolute atomic E-state index is 0.0787. The van der Waals surface area contributed by atoms with Gasteiger partial charge in [-0.3, -0.25) is 4.79 Å². The van der Waals surface area contributed by atoms with E-state index in [1.807, 2.05) is 17.8 Å². The van der Waals surface area contributed by atoms with Gasteiger partial charge in [-0.25, -0.2) is 0 Å². The Kier molecular flexibility index (Phi) is 3.55. The quantitative estimate of drug-likeness (QED) is 0.742. The molecule has 1 aromatic rings. The molecule has 1 atom stereocenters. The summed E-state index contributed by atoms with van der Waals surface area (Å²) in [6.07, 6.45) is 3.98. The first-order valence-corrected chi connectivity index (χ1v) is 7.85. The van der Waals surface area contributed by atoms with Crippen LogP contribution in [0.15, 0.2) is 12.1 Å². The van der Waals surface area contributed by atoms with Gasteiger partial charge < -0.3 is 16.4 Å². The molecule has 1 saturated heterocycles. The molecule has 4 nitrogen and oxygen atoms in total. The second-order valence-electron chi connectivity index (χ2n) is 5.16. The highest BCUT2D eigenvalue weighted by atomic mass is 32.2. The zero-order chi connectivity index (χ0) is 13.2. The van der Waals surface area contributed by atoms with Gasteiger partial charge in [-0.15, -0.1) is 0 Å². The summed E-state index contributed by atoms with van der Waals surface area (Å²) in [6.45, 7) is 0.972. The van der Waals surface area contributed by atoms with Crippen LogP contribution < -0.4 is 16.4 Å². The van der Waals surface area contributed by atoms with Crippen LogP contribution in [-0.2, 0) is 11.2 Å². The van der Waals surface area contributed by atoms with Gasteiger partial charge in [0.2, 0.25) is 5.91 Å². The summed E-state index contributed by atoms with van der Waals surface area (Å²) in [5.41, 5.74) is 9.81. The molecule has 1 aromatic carbocycles. The van der Waals surface area contributed by atoms with Gasteiger partial charge in [-0.2, -0.15) is 11.8 Å². The number of hydrogen-bond acceptors (Lipinski definition) is 4. The normalized spacial score (nSPS) is 21.9. The first-order valence-electron chi connectivity index (χ1n) is 6.80. The Bertz CT molecular complexity index is 498. The average Bonchev–Trinajstić information content (AvgIpc) is 2.89. The molecule has 0 saturated carbocycles. The number of nitrogens with one attached hydrogen (secondary N) is 2. The predicted molar refractivity (Wildman–Crippen MR) is 81.8 cm³/mol. The van der Waals surface area contributed by atoms with E-state index in [-0.39, 0.29) is 5.91 Å². The lowest BCUT2D eigenvalue weighted by Crippen LogP contribution is -2.20. The van der Waals surface area contributed by atoms with Gasteiger partial charge in [0, 0.05) is 23.9 Å². The van der Waals surface area contributed by atoms with Crippen LogP contribution in [0.2, 0.25) is 0 Å². The Labute approximate surface area is 117 Å². The fourth-order valence-corrected chi connectivity index (χ4v) is 3.83. The molecule has 2 aliphatic heterocycles. The maximum atomic E-state index is 11.4. The van der Waals surface area contributed by atoms with Gasteiger partial charge in [-0.1, -0.05) is 0 Å². The Morgan fingerprint density at radius 2 is 2.32 bits per heavy atom. The number of hydrogen-bond donors (Lipinski definition) is 3. The fraction of sp³-hybridized carbons (Fsp3) is 0.500. The summed E-state index contributed by atoms with van der Waals surface area (Å²) in [5, 5.41) is 7.04. The van der Waals surface area contributed by atoms with E-state index >= 15 is 0 Å². The van der Waals surface area contributed by atoms with Crippen LogP contribution >= 0.6 is 11.8 Å². The molecule has 3 rings (SSSR count). The van der Waals surface area contributed by atoms with Crippen LogP contribution in [0.1, 0.15) is 24.8 Å². The van der Waals surface area contributed by atoms with E-state index in [2.05, 4.69) is 16.7 Å². The van der Waals surface area contributed by atoms with Gasteiger partial charge in [-0.05, 0) is 42.7 Å². The van der Waals surface area contributed by atoms with Crippen molar-refractivity contribution < 1.29 is 4.79 Å². The van der Waals surface area contributed by atoms with Crippen molar-refractivity contribution in [1.29, 1.82) is 0 Å². The molecule has 0 aromatic heterocycles. The molecule has 1 amide bonds. The van der Waals surface area contributed by atoms with Crippen molar-refractivity contribution in [3.8, 4) is 0 Å². The minimum Gasteiger partial charge on any atom is -0.397 e. The smallest absolute Gasteiger partial charge is 0.224 e. The number of aryl methyl sites for hydroxylation is 1. The third kappa shape index (κ3) is 2.81. The lowest BCUT2D eigenvalue weighted by atomic mass is 10.0. The van der Waals surface area contributed by atoms with Gasteiger partial charge in [0.1, 0.15) is 0 Å². The molecular formula is C14H19N3OS. The van der Waals surface area contributed by atoms with Gasteiger partial charge in [0.05, 0.1) is 11.4 Å². The zero-order valence-corrected chi connectivity index (χ0v) is 11.7. The monoisotopic (exact) mass is 277 g/mol. The molecule has 0 spiro atoms. The second-order valence-corrected chi connectivity index (χ2v) is 6.57. The molecule has 1 fully saturated rings. The van der Waals surface area contributed by atoms with E-state index in [4.69, 9.17) is 5.73 Å². The second kappa shape index (κ2) is 5.33. The summed E-state index contributed by atoms with van der Waals surface area (Å²) in [5.74, 6) is 1.35. The molecule has 0 bridgehead atoms. The highest BCUT2D eigenvalue weighted by molar-refractivity contribution is 8.00. The van der Waals surface area contributed by atoms with E-state index in [0.29, 0.717) is 17.4 Å². The third-order valence-corrected chi connectivity index (χ3v) is 5.11. The number of benzene rings is 1. The summed E-state index contributed by atoms with van der Waals surface area (Å²) in [4.78, 5) is 11.4. The number of carbonyl (C=O) groups is 1. The van der Waals surface area contributed by atoms with Gasteiger partial charge in [0.15, 0.2) is 0 Å². The highest BCUT2D eigenvalue weighted by Crippen LogP contribution is 2.32. The van der Waals surface area contributed by atoms with Crippen molar-refractivity contribution >= 4 is 34.7 Å². The molecular weight excluding hydrogens is 258 g/mol. The maximum Gasteiger partial charge on any atom is 0.224 e. The summed E-state index contributed by atoms with van der Waals surface area (Å²) < 4.78 is 0. The van der Waals surface area contributed by atoms with Crippen molar-refractivity contribution in [2.45, 2.75) is 30.9 Å². The first kappa shape index (κ1) is 12.7. The number of nitrogen functional groups attached to an aromatic ring is 1. The van der Waals surface area contributed by atoms with Gasteiger partial charge >= 0.3 is 0 Å². The van der Waals surface area contributed by atoms with Crippen LogP contribution in [0.25, 0.3) is 0 Å². The largest absolute Gasteiger partial charge is 0.397 e.